The molecule has 1 heterocycles. The molecule has 2 aromatic carbocycles. The number of halogens is 1. The summed E-state index contributed by atoms with van der Waals surface area (Å²) in [4.78, 5) is 16.7. The van der Waals surface area contributed by atoms with Gasteiger partial charge in [-0.1, -0.05) is 30.3 Å². The van der Waals surface area contributed by atoms with Crippen molar-refractivity contribution < 1.29 is 4.79 Å². The molecule has 0 aliphatic rings. The predicted octanol–water partition coefficient (Wildman–Crippen LogP) is 5.15. The fourth-order valence-corrected chi connectivity index (χ4v) is 2.63. The van der Waals surface area contributed by atoms with E-state index < -0.39 is 0 Å². The summed E-state index contributed by atoms with van der Waals surface area (Å²) in [6.45, 7) is 2.02. The van der Waals surface area contributed by atoms with Crippen molar-refractivity contribution in [3.63, 3.8) is 0 Å². The van der Waals surface area contributed by atoms with Crippen LogP contribution in [0.25, 0.3) is 0 Å². The summed E-state index contributed by atoms with van der Waals surface area (Å²) in [6, 6.07) is 18.9. The smallest absolute Gasteiger partial charge is 0.255 e. The van der Waals surface area contributed by atoms with Gasteiger partial charge in [-0.3, -0.25) is 4.79 Å². The van der Waals surface area contributed by atoms with Crippen molar-refractivity contribution in [1.29, 1.82) is 0 Å². The first-order valence-electron chi connectivity index (χ1n) is 7.48. The van der Waals surface area contributed by atoms with Crippen LogP contribution in [0.5, 0.6) is 0 Å². The predicted molar refractivity (Wildman–Crippen MR) is 101 cm³/mol. The second kappa shape index (κ2) is 7.27. The second-order valence-corrected chi connectivity index (χ2v) is 6.16. The highest BCUT2D eigenvalue weighted by Gasteiger charge is 2.09. The molecule has 0 aliphatic heterocycles. The third kappa shape index (κ3) is 3.81. The number of anilines is 3. The molecule has 0 saturated heterocycles. The summed E-state index contributed by atoms with van der Waals surface area (Å²) in [6.07, 6.45) is 1.62. The maximum Gasteiger partial charge on any atom is 0.255 e. The Morgan fingerprint density at radius 1 is 1.00 bits per heavy atom. The normalized spacial score (nSPS) is 10.2. The average molecular weight is 382 g/mol. The minimum atomic E-state index is -0.183. The minimum Gasteiger partial charge on any atom is -0.340 e. The largest absolute Gasteiger partial charge is 0.340 e. The third-order valence-electron chi connectivity index (χ3n) is 3.55. The zero-order valence-electron chi connectivity index (χ0n) is 13.1. The second-order valence-electron chi connectivity index (χ2n) is 5.30. The van der Waals surface area contributed by atoms with Crippen molar-refractivity contribution in [2.24, 2.45) is 0 Å². The average Bonchev–Trinajstić information content (AvgIpc) is 2.59. The van der Waals surface area contributed by atoms with Gasteiger partial charge in [-0.05, 0) is 58.7 Å². The summed E-state index contributed by atoms with van der Waals surface area (Å²) >= 11 is 3.42. The van der Waals surface area contributed by atoms with Gasteiger partial charge in [-0.15, -0.1) is 0 Å². The number of rotatable bonds is 4. The number of nitrogens with one attached hydrogen (secondary N) is 2. The lowest BCUT2D eigenvalue weighted by Gasteiger charge is -2.10. The van der Waals surface area contributed by atoms with E-state index in [2.05, 4.69) is 31.5 Å². The molecular weight excluding hydrogens is 366 g/mol. The Morgan fingerprint density at radius 2 is 1.71 bits per heavy atom. The van der Waals surface area contributed by atoms with Crippen LogP contribution in [0.1, 0.15) is 15.9 Å². The van der Waals surface area contributed by atoms with Crippen molar-refractivity contribution in [3.8, 4) is 0 Å². The summed E-state index contributed by atoms with van der Waals surface area (Å²) < 4.78 is 0.839. The lowest BCUT2D eigenvalue weighted by atomic mass is 10.2. The van der Waals surface area contributed by atoms with Crippen molar-refractivity contribution in [2.45, 2.75) is 6.92 Å². The SMILES string of the molecule is Cc1ccccc1Nc1cc(C(=O)Nc2ccccc2Br)ccn1. The Balaban J connectivity index is 1.79. The molecule has 2 N–H and O–H groups in total. The van der Waals surface area contributed by atoms with E-state index in [4.69, 9.17) is 0 Å². The van der Waals surface area contributed by atoms with Crippen LogP contribution in [0.3, 0.4) is 0 Å². The van der Waals surface area contributed by atoms with Crippen LogP contribution in [-0.2, 0) is 0 Å². The molecule has 1 amide bonds. The lowest BCUT2D eigenvalue weighted by Crippen LogP contribution is -2.12. The highest BCUT2D eigenvalue weighted by Crippen LogP contribution is 2.23. The van der Waals surface area contributed by atoms with E-state index in [1.807, 2.05) is 55.5 Å². The Labute approximate surface area is 149 Å². The van der Waals surface area contributed by atoms with E-state index in [9.17, 15) is 4.79 Å². The van der Waals surface area contributed by atoms with Crippen LogP contribution in [-0.4, -0.2) is 10.9 Å². The van der Waals surface area contributed by atoms with Crippen molar-refractivity contribution in [1.82, 2.24) is 4.98 Å². The van der Waals surface area contributed by atoms with E-state index in [1.165, 1.54) is 0 Å². The molecule has 1 aromatic heterocycles. The van der Waals surface area contributed by atoms with Gasteiger partial charge in [-0.25, -0.2) is 4.98 Å². The molecule has 5 heteroatoms. The van der Waals surface area contributed by atoms with Gasteiger partial charge in [0.05, 0.1) is 5.69 Å². The van der Waals surface area contributed by atoms with Crippen LogP contribution < -0.4 is 10.6 Å². The first-order chi connectivity index (χ1) is 11.6. The molecule has 0 atom stereocenters. The molecule has 24 heavy (non-hydrogen) atoms. The van der Waals surface area contributed by atoms with Crippen molar-refractivity contribution in [3.05, 3.63) is 82.5 Å². The van der Waals surface area contributed by atoms with Gasteiger partial charge in [0.1, 0.15) is 5.82 Å². The van der Waals surface area contributed by atoms with Gasteiger partial charge < -0.3 is 10.6 Å². The van der Waals surface area contributed by atoms with Crippen molar-refractivity contribution in [2.75, 3.05) is 10.6 Å². The third-order valence-corrected chi connectivity index (χ3v) is 4.24. The van der Waals surface area contributed by atoms with E-state index >= 15 is 0 Å². The van der Waals surface area contributed by atoms with Gasteiger partial charge in [0.25, 0.3) is 5.91 Å². The molecule has 3 aromatic rings. The summed E-state index contributed by atoms with van der Waals surface area (Å²) in [7, 11) is 0. The molecule has 0 aliphatic carbocycles. The molecule has 0 bridgehead atoms. The van der Waals surface area contributed by atoms with Crippen LogP contribution in [0, 0.1) is 6.92 Å². The maximum atomic E-state index is 12.5. The van der Waals surface area contributed by atoms with E-state index in [-0.39, 0.29) is 5.91 Å². The molecule has 3 rings (SSSR count). The number of aryl methyl sites for hydroxylation is 1. The topological polar surface area (TPSA) is 54.0 Å². The van der Waals surface area contributed by atoms with E-state index in [0.29, 0.717) is 11.4 Å². The highest BCUT2D eigenvalue weighted by molar-refractivity contribution is 9.10. The number of aromatic nitrogens is 1. The number of amides is 1. The molecule has 4 nitrogen and oxygen atoms in total. The van der Waals surface area contributed by atoms with Crippen molar-refractivity contribution >= 4 is 39.0 Å². The quantitative estimate of drug-likeness (QED) is 0.656. The Kier molecular flexibility index (Phi) is 4.91. The number of benzene rings is 2. The zero-order valence-corrected chi connectivity index (χ0v) is 14.7. The van der Waals surface area contributed by atoms with E-state index in [0.717, 1.165) is 21.4 Å². The number of hydrogen-bond acceptors (Lipinski definition) is 3. The fourth-order valence-electron chi connectivity index (χ4n) is 2.25. The van der Waals surface area contributed by atoms with Crippen LogP contribution in [0.2, 0.25) is 0 Å². The minimum absolute atomic E-state index is 0.183. The standard InChI is InChI=1S/C19H16BrN3O/c1-13-6-2-4-8-16(13)22-18-12-14(10-11-21-18)19(24)23-17-9-5-3-7-15(17)20/h2-12H,1H3,(H,21,22)(H,23,24). The van der Waals surface area contributed by atoms with Gasteiger partial charge in [0.2, 0.25) is 0 Å². The van der Waals surface area contributed by atoms with Gasteiger partial charge in [0, 0.05) is 21.9 Å². The number of para-hydroxylation sites is 2. The first-order valence-corrected chi connectivity index (χ1v) is 8.27. The number of carbonyl (C=O) groups excluding carboxylic acids is 1. The molecule has 0 saturated carbocycles. The highest BCUT2D eigenvalue weighted by atomic mass is 79.9. The van der Waals surface area contributed by atoms with Gasteiger partial charge in [-0.2, -0.15) is 0 Å². The molecular formula is C19H16BrN3O. The molecule has 120 valence electrons. The van der Waals surface area contributed by atoms with E-state index in [1.54, 1.807) is 18.3 Å². The maximum absolute atomic E-state index is 12.5. The van der Waals surface area contributed by atoms with Gasteiger partial charge >= 0.3 is 0 Å². The number of nitrogens with zero attached hydrogens (tertiary/aromatic N) is 1. The van der Waals surface area contributed by atoms with Gasteiger partial charge in [0.15, 0.2) is 0 Å². The molecule has 0 fully saturated rings. The summed E-state index contributed by atoms with van der Waals surface area (Å²) in [5.41, 5.74) is 3.35. The molecule has 0 unspecified atom stereocenters. The fraction of sp³-hybridized carbons (Fsp3) is 0.0526. The zero-order chi connectivity index (χ0) is 16.9. The Morgan fingerprint density at radius 3 is 2.46 bits per heavy atom. The summed E-state index contributed by atoms with van der Waals surface area (Å²) in [5, 5.41) is 6.13. The lowest BCUT2D eigenvalue weighted by molar-refractivity contribution is 0.102. The Bertz CT molecular complexity index is 880. The summed E-state index contributed by atoms with van der Waals surface area (Å²) in [5.74, 6) is 0.446. The first kappa shape index (κ1) is 16.2. The number of carbonyl (C=O) groups is 1. The molecule has 0 radical (unpaired) electrons. The number of hydrogen-bond donors (Lipinski definition) is 2. The molecule has 0 spiro atoms. The van der Waals surface area contributed by atoms with Crippen LogP contribution in [0.15, 0.2) is 71.3 Å². The number of pyridine rings is 1. The Hall–Kier alpha value is -2.66. The van der Waals surface area contributed by atoms with Crippen LogP contribution >= 0.6 is 15.9 Å². The monoisotopic (exact) mass is 381 g/mol. The van der Waals surface area contributed by atoms with Crippen LogP contribution in [0.4, 0.5) is 17.2 Å².